The van der Waals surface area contributed by atoms with E-state index < -0.39 is 5.97 Å². The van der Waals surface area contributed by atoms with Gasteiger partial charge in [-0.1, -0.05) is 13.8 Å². The zero-order valence-corrected chi connectivity index (χ0v) is 12.7. The fourth-order valence-corrected chi connectivity index (χ4v) is 2.74. The summed E-state index contributed by atoms with van der Waals surface area (Å²) in [5.74, 6) is -0.332. The Morgan fingerprint density at radius 1 is 1.57 bits per heavy atom. The number of rotatable bonds is 7. The summed E-state index contributed by atoms with van der Waals surface area (Å²) in [6.45, 7) is 5.81. The number of nitrogens with one attached hydrogen (secondary N) is 1. The molecule has 0 amide bonds. The van der Waals surface area contributed by atoms with Gasteiger partial charge in [-0.25, -0.2) is 4.79 Å². The van der Waals surface area contributed by atoms with Gasteiger partial charge in [0.25, 0.3) is 0 Å². The second kappa shape index (κ2) is 7.52. The van der Waals surface area contributed by atoms with E-state index in [1.807, 2.05) is 0 Å². The average Bonchev–Trinajstić information content (AvgIpc) is 2.97. The van der Waals surface area contributed by atoms with Crippen LogP contribution in [0.2, 0.25) is 0 Å². The first kappa shape index (κ1) is 15.9. The molecule has 2 atom stereocenters. The van der Waals surface area contributed by atoms with Crippen LogP contribution >= 0.6 is 0 Å². The highest BCUT2D eigenvalue weighted by atomic mass is 16.5. The Morgan fingerprint density at radius 2 is 2.38 bits per heavy atom. The molecule has 0 radical (unpaired) electrons. The van der Waals surface area contributed by atoms with Crippen molar-refractivity contribution in [3.63, 3.8) is 0 Å². The zero-order chi connectivity index (χ0) is 15.2. The van der Waals surface area contributed by atoms with Crippen molar-refractivity contribution in [2.45, 2.75) is 51.8 Å². The number of pyridine rings is 1. The lowest BCUT2D eigenvalue weighted by molar-refractivity contribution is 0.0692. The molecule has 21 heavy (non-hydrogen) atoms. The molecule has 1 aliphatic heterocycles. The SMILES string of the molecule is CC(C)CC(NCc1cc(C(=O)O)ccn1)C1CCCO1. The van der Waals surface area contributed by atoms with E-state index in [1.165, 1.54) is 6.07 Å². The van der Waals surface area contributed by atoms with Gasteiger partial charge in [-0.15, -0.1) is 0 Å². The standard InChI is InChI=1S/C16H24N2O3/c1-11(2)8-14(15-4-3-7-21-15)18-10-13-9-12(16(19)20)5-6-17-13/h5-6,9,11,14-15,18H,3-4,7-8,10H2,1-2H3,(H,19,20). The largest absolute Gasteiger partial charge is 0.478 e. The van der Waals surface area contributed by atoms with Crippen molar-refractivity contribution in [1.29, 1.82) is 0 Å². The highest BCUT2D eigenvalue weighted by Gasteiger charge is 2.26. The van der Waals surface area contributed by atoms with E-state index in [1.54, 1.807) is 12.3 Å². The van der Waals surface area contributed by atoms with E-state index in [-0.39, 0.29) is 11.7 Å². The maximum atomic E-state index is 11.0. The third kappa shape index (κ3) is 4.79. The lowest BCUT2D eigenvalue weighted by Gasteiger charge is -2.26. The molecule has 0 saturated carbocycles. The average molecular weight is 292 g/mol. The summed E-state index contributed by atoms with van der Waals surface area (Å²) < 4.78 is 5.79. The van der Waals surface area contributed by atoms with Crippen molar-refractivity contribution in [3.8, 4) is 0 Å². The first-order valence-corrected chi connectivity index (χ1v) is 7.59. The fourth-order valence-electron chi connectivity index (χ4n) is 2.74. The molecule has 1 aliphatic rings. The lowest BCUT2D eigenvalue weighted by Crippen LogP contribution is -2.40. The Labute approximate surface area is 125 Å². The fraction of sp³-hybridized carbons (Fsp3) is 0.625. The number of carbonyl (C=O) groups is 1. The predicted molar refractivity (Wildman–Crippen MR) is 80.3 cm³/mol. The minimum absolute atomic E-state index is 0.259. The van der Waals surface area contributed by atoms with Crippen molar-refractivity contribution in [2.75, 3.05) is 6.61 Å². The van der Waals surface area contributed by atoms with Crippen LogP contribution in [0, 0.1) is 5.92 Å². The summed E-state index contributed by atoms with van der Waals surface area (Å²) in [4.78, 5) is 15.2. The summed E-state index contributed by atoms with van der Waals surface area (Å²) in [6, 6.07) is 3.43. The molecule has 1 saturated heterocycles. The van der Waals surface area contributed by atoms with Crippen LogP contribution in [0.15, 0.2) is 18.3 Å². The Balaban J connectivity index is 1.97. The van der Waals surface area contributed by atoms with E-state index in [0.29, 0.717) is 18.5 Å². The molecule has 0 aliphatic carbocycles. The monoisotopic (exact) mass is 292 g/mol. The van der Waals surface area contributed by atoms with E-state index in [9.17, 15) is 4.79 Å². The van der Waals surface area contributed by atoms with Gasteiger partial charge >= 0.3 is 5.97 Å². The van der Waals surface area contributed by atoms with Crippen molar-refractivity contribution in [2.24, 2.45) is 5.92 Å². The van der Waals surface area contributed by atoms with Crippen LogP contribution in [-0.4, -0.2) is 34.8 Å². The van der Waals surface area contributed by atoms with Crippen LogP contribution in [0.25, 0.3) is 0 Å². The maximum absolute atomic E-state index is 11.0. The summed E-state index contributed by atoms with van der Waals surface area (Å²) in [5.41, 5.74) is 1.03. The van der Waals surface area contributed by atoms with E-state index in [2.05, 4.69) is 24.1 Å². The highest BCUT2D eigenvalue weighted by molar-refractivity contribution is 5.87. The van der Waals surface area contributed by atoms with Crippen molar-refractivity contribution in [3.05, 3.63) is 29.6 Å². The van der Waals surface area contributed by atoms with Gasteiger partial charge in [-0.3, -0.25) is 4.98 Å². The van der Waals surface area contributed by atoms with Gasteiger partial charge in [0.15, 0.2) is 0 Å². The number of aromatic carboxylic acids is 1. The maximum Gasteiger partial charge on any atom is 0.335 e. The molecule has 2 rings (SSSR count). The van der Waals surface area contributed by atoms with E-state index >= 15 is 0 Å². The Kier molecular flexibility index (Phi) is 5.70. The molecule has 116 valence electrons. The van der Waals surface area contributed by atoms with Crippen molar-refractivity contribution in [1.82, 2.24) is 10.3 Å². The molecule has 1 aromatic heterocycles. The number of carboxylic acid groups (broad SMARTS) is 1. The van der Waals surface area contributed by atoms with Crippen LogP contribution < -0.4 is 5.32 Å². The summed E-state index contributed by atoms with van der Waals surface area (Å²) in [5, 5.41) is 12.5. The second-order valence-corrected chi connectivity index (χ2v) is 6.01. The molecule has 0 spiro atoms. The van der Waals surface area contributed by atoms with Gasteiger partial charge in [0.05, 0.1) is 17.4 Å². The van der Waals surface area contributed by atoms with Gasteiger partial charge in [-0.2, -0.15) is 0 Å². The minimum Gasteiger partial charge on any atom is -0.478 e. The third-order valence-electron chi connectivity index (χ3n) is 3.75. The number of carboxylic acids is 1. The first-order valence-electron chi connectivity index (χ1n) is 7.59. The van der Waals surface area contributed by atoms with E-state index in [0.717, 1.165) is 31.6 Å². The van der Waals surface area contributed by atoms with Crippen LogP contribution in [0.4, 0.5) is 0 Å². The number of hydrogen-bond acceptors (Lipinski definition) is 4. The molecule has 5 heteroatoms. The Bertz CT molecular complexity index is 470. The Hall–Kier alpha value is -1.46. The van der Waals surface area contributed by atoms with Crippen molar-refractivity contribution >= 4 is 5.97 Å². The number of nitrogens with zero attached hydrogens (tertiary/aromatic N) is 1. The van der Waals surface area contributed by atoms with Gasteiger partial charge < -0.3 is 15.2 Å². The molecule has 1 fully saturated rings. The van der Waals surface area contributed by atoms with Crippen LogP contribution in [-0.2, 0) is 11.3 Å². The summed E-state index contributed by atoms with van der Waals surface area (Å²) in [7, 11) is 0. The number of ether oxygens (including phenoxy) is 1. The second-order valence-electron chi connectivity index (χ2n) is 6.01. The van der Waals surface area contributed by atoms with Gasteiger partial charge in [0.1, 0.15) is 0 Å². The molecule has 0 bridgehead atoms. The summed E-state index contributed by atoms with van der Waals surface area (Å²) >= 11 is 0. The van der Waals surface area contributed by atoms with Gasteiger partial charge in [-0.05, 0) is 37.3 Å². The normalized spacial score (nSPS) is 19.9. The number of hydrogen-bond donors (Lipinski definition) is 2. The number of aromatic nitrogens is 1. The Morgan fingerprint density at radius 3 is 3.00 bits per heavy atom. The van der Waals surface area contributed by atoms with Crippen LogP contribution in [0.3, 0.4) is 0 Å². The molecule has 2 N–H and O–H groups in total. The molecule has 2 heterocycles. The third-order valence-corrected chi connectivity index (χ3v) is 3.75. The smallest absolute Gasteiger partial charge is 0.335 e. The molecule has 5 nitrogen and oxygen atoms in total. The highest BCUT2D eigenvalue weighted by Crippen LogP contribution is 2.20. The minimum atomic E-state index is -0.920. The first-order chi connectivity index (χ1) is 10.1. The molecular weight excluding hydrogens is 268 g/mol. The van der Waals surface area contributed by atoms with Gasteiger partial charge in [0.2, 0.25) is 0 Å². The van der Waals surface area contributed by atoms with E-state index in [4.69, 9.17) is 9.84 Å². The molecule has 0 aromatic carbocycles. The molecular formula is C16H24N2O3. The summed E-state index contributed by atoms with van der Waals surface area (Å²) in [6.07, 6.45) is 5.06. The quantitative estimate of drug-likeness (QED) is 0.807. The zero-order valence-electron chi connectivity index (χ0n) is 12.7. The molecule has 1 aromatic rings. The van der Waals surface area contributed by atoms with Crippen LogP contribution in [0.1, 0.15) is 49.2 Å². The topological polar surface area (TPSA) is 71.5 Å². The van der Waals surface area contributed by atoms with Gasteiger partial charge in [0, 0.05) is 25.4 Å². The lowest BCUT2D eigenvalue weighted by atomic mass is 9.97. The predicted octanol–water partition coefficient (Wildman–Crippen LogP) is 2.46. The molecule has 2 unspecified atom stereocenters. The van der Waals surface area contributed by atoms with Crippen LogP contribution in [0.5, 0.6) is 0 Å². The van der Waals surface area contributed by atoms with Crippen molar-refractivity contribution < 1.29 is 14.6 Å².